The number of aliphatic carboxylic acids is 1. The minimum Gasteiger partial charge on any atom is -0.478 e. The fraction of sp³-hybridized carbons (Fsp3) is 0. The average Bonchev–Trinajstić information content (AvgIpc) is 2.36. The summed E-state index contributed by atoms with van der Waals surface area (Å²) in [7, 11) is 0. The number of fused-ring (bicyclic) bond motifs is 1. The molecule has 0 bridgehead atoms. The molecule has 0 saturated heterocycles. The molecule has 0 spiro atoms. The molecule has 0 fully saturated rings. The van der Waals surface area contributed by atoms with Crippen molar-refractivity contribution in [3.05, 3.63) is 48.7 Å². The van der Waals surface area contributed by atoms with E-state index in [1.807, 2.05) is 6.07 Å². The number of anilines is 1. The second-order valence-electron chi connectivity index (χ2n) is 3.57. The second-order valence-corrected chi connectivity index (χ2v) is 3.57. The fourth-order valence-corrected chi connectivity index (χ4v) is 1.48. The van der Waals surface area contributed by atoms with Crippen molar-refractivity contribution < 1.29 is 14.7 Å². The Morgan fingerprint density at radius 1 is 1.22 bits per heavy atom. The molecule has 5 heteroatoms. The first kappa shape index (κ1) is 11.8. The predicted octanol–water partition coefficient (Wildman–Crippen LogP) is 1.81. The third-order valence-corrected chi connectivity index (χ3v) is 2.25. The molecule has 1 aromatic carbocycles. The molecule has 0 aliphatic heterocycles. The van der Waals surface area contributed by atoms with Gasteiger partial charge in [0.1, 0.15) is 0 Å². The van der Waals surface area contributed by atoms with E-state index in [-0.39, 0.29) is 0 Å². The Kier molecular flexibility index (Phi) is 3.33. The summed E-state index contributed by atoms with van der Waals surface area (Å²) in [6.45, 7) is 0. The Morgan fingerprint density at radius 3 is 2.83 bits per heavy atom. The molecule has 18 heavy (non-hydrogen) atoms. The van der Waals surface area contributed by atoms with E-state index in [4.69, 9.17) is 5.11 Å². The van der Waals surface area contributed by atoms with E-state index in [0.717, 1.165) is 23.1 Å². The summed E-state index contributed by atoms with van der Waals surface area (Å²) in [4.78, 5) is 25.8. The number of pyridine rings is 1. The number of nitrogens with zero attached hydrogens (tertiary/aromatic N) is 1. The van der Waals surface area contributed by atoms with Crippen LogP contribution in [-0.4, -0.2) is 22.0 Å². The molecule has 0 atom stereocenters. The van der Waals surface area contributed by atoms with Crippen molar-refractivity contribution in [3.8, 4) is 0 Å². The van der Waals surface area contributed by atoms with Crippen LogP contribution in [0.25, 0.3) is 10.9 Å². The summed E-state index contributed by atoms with van der Waals surface area (Å²) >= 11 is 0. The zero-order valence-corrected chi connectivity index (χ0v) is 9.33. The molecule has 2 aromatic rings. The van der Waals surface area contributed by atoms with Gasteiger partial charge in [0.25, 0.3) is 0 Å². The van der Waals surface area contributed by atoms with Crippen molar-refractivity contribution in [1.29, 1.82) is 0 Å². The Balaban J connectivity index is 2.17. The highest BCUT2D eigenvalue weighted by Crippen LogP contribution is 2.16. The number of carboxylic acid groups (broad SMARTS) is 1. The van der Waals surface area contributed by atoms with Crippen molar-refractivity contribution in [3.63, 3.8) is 0 Å². The lowest BCUT2D eigenvalue weighted by Crippen LogP contribution is -2.08. The summed E-state index contributed by atoms with van der Waals surface area (Å²) in [5.41, 5.74) is 1.42. The lowest BCUT2D eigenvalue weighted by atomic mass is 10.2. The topological polar surface area (TPSA) is 79.3 Å². The van der Waals surface area contributed by atoms with Gasteiger partial charge in [-0.15, -0.1) is 0 Å². The first-order valence-corrected chi connectivity index (χ1v) is 5.22. The van der Waals surface area contributed by atoms with Crippen LogP contribution < -0.4 is 5.32 Å². The van der Waals surface area contributed by atoms with Crippen molar-refractivity contribution in [2.45, 2.75) is 0 Å². The molecule has 1 aromatic heterocycles. The van der Waals surface area contributed by atoms with Crippen LogP contribution in [0.2, 0.25) is 0 Å². The van der Waals surface area contributed by atoms with Gasteiger partial charge in [-0.05, 0) is 24.3 Å². The molecule has 90 valence electrons. The lowest BCUT2D eigenvalue weighted by molar-refractivity contribution is -0.131. The van der Waals surface area contributed by atoms with Gasteiger partial charge in [-0.25, -0.2) is 4.79 Å². The van der Waals surface area contributed by atoms with E-state index in [1.54, 1.807) is 30.5 Å². The van der Waals surface area contributed by atoms with Gasteiger partial charge in [0.2, 0.25) is 5.91 Å². The molecule has 0 unspecified atom stereocenters. The Hall–Kier alpha value is -2.69. The zero-order chi connectivity index (χ0) is 13.0. The molecule has 2 rings (SSSR count). The standard InChI is InChI=1S/C13H10N2O3/c16-12(5-6-13(17)18)15-10-3-4-11-9(8-10)2-1-7-14-11/h1-8H,(H,15,16)(H,17,18). The summed E-state index contributed by atoms with van der Waals surface area (Å²) in [5, 5.41) is 11.9. The monoisotopic (exact) mass is 242 g/mol. The molecular formula is C13H10N2O3. The summed E-state index contributed by atoms with van der Waals surface area (Å²) in [5.74, 6) is -1.64. The minimum absolute atomic E-state index is 0.486. The summed E-state index contributed by atoms with van der Waals surface area (Å²) < 4.78 is 0. The predicted molar refractivity (Wildman–Crippen MR) is 67.1 cm³/mol. The van der Waals surface area contributed by atoms with Crippen molar-refractivity contribution in [2.24, 2.45) is 0 Å². The number of hydrogen-bond acceptors (Lipinski definition) is 3. The SMILES string of the molecule is O=C(O)C=CC(=O)Nc1ccc2ncccc2c1. The number of nitrogens with one attached hydrogen (secondary N) is 1. The van der Waals surface area contributed by atoms with E-state index >= 15 is 0 Å². The molecule has 5 nitrogen and oxygen atoms in total. The summed E-state index contributed by atoms with van der Waals surface area (Å²) in [6, 6.07) is 8.95. The van der Waals surface area contributed by atoms with Crippen LogP contribution in [0.3, 0.4) is 0 Å². The number of carbonyl (C=O) groups is 2. The van der Waals surface area contributed by atoms with Gasteiger partial charge in [0, 0.05) is 29.4 Å². The van der Waals surface area contributed by atoms with E-state index in [2.05, 4.69) is 10.3 Å². The van der Waals surface area contributed by atoms with Crippen LogP contribution in [0.15, 0.2) is 48.7 Å². The number of carbonyl (C=O) groups excluding carboxylic acids is 1. The smallest absolute Gasteiger partial charge is 0.328 e. The van der Waals surface area contributed by atoms with Gasteiger partial charge in [-0.2, -0.15) is 0 Å². The van der Waals surface area contributed by atoms with Crippen molar-refractivity contribution in [2.75, 3.05) is 5.32 Å². The Labute approximate surface area is 103 Å². The molecule has 0 saturated carbocycles. The molecule has 2 N–H and O–H groups in total. The fourth-order valence-electron chi connectivity index (χ4n) is 1.48. The first-order chi connectivity index (χ1) is 8.65. The first-order valence-electron chi connectivity index (χ1n) is 5.22. The van der Waals surface area contributed by atoms with Gasteiger partial charge in [-0.1, -0.05) is 6.07 Å². The van der Waals surface area contributed by atoms with Crippen LogP contribution in [0.1, 0.15) is 0 Å². The molecule has 0 aliphatic rings. The zero-order valence-electron chi connectivity index (χ0n) is 9.33. The van der Waals surface area contributed by atoms with Gasteiger partial charge in [0.05, 0.1) is 5.52 Å². The maximum Gasteiger partial charge on any atom is 0.328 e. The third-order valence-electron chi connectivity index (χ3n) is 2.25. The molecular weight excluding hydrogens is 232 g/mol. The van der Waals surface area contributed by atoms with Crippen molar-refractivity contribution >= 4 is 28.5 Å². The highest BCUT2D eigenvalue weighted by molar-refractivity contribution is 6.03. The van der Waals surface area contributed by atoms with E-state index in [1.165, 1.54) is 0 Å². The van der Waals surface area contributed by atoms with E-state index in [9.17, 15) is 9.59 Å². The van der Waals surface area contributed by atoms with Gasteiger partial charge < -0.3 is 10.4 Å². The number of benzene rings is 1. The van der Waals surface area contributed by atoms with Crippen molar-refractivity contribution in [1.82, 2.24) is 4.98 Å². The molecule has 1 amide bonds. The van der Waals surface area contributed by atoms with Crippen LogP contribution in [-0.2, 0) is 9.59 Å². The number of hydrogen-bond donors (Lipinski definition) is 2. The van der Waals surface area contributed by atoms with Crippen LogP contribution in [0.5, 0.6) is 0 Å². The normalized spacial score (nSPS) is 10.7. The third kappa shape index (κ3) is 2.91. The van der Waals surface area contributed by atoms with Crippen LogP contribution in [0.4, 0.5) is 5.69 Å². The number of aromatic nitrogens is 1. The maximum atomic E-state index is 11.4. The second kappa shape index (κ2) is 5.09. The lowest BCUT2D eigenvalue weighted by Gasteiger charge is -2.03. The highest BCUT2D eigenvalue weighted by atomic mass is 16.4. The highest BCUT2D eigenvalue weighted by Gasteiger charge is 2.00. The quantitative estimate of drug-likeness (QED) is 0.804. The van der Waals surface area contributed by atoms with Crippen LogP contribution in [0, 0.1) is 0 Å². The van der Waals surface area contributed by atoms with Gasteiger partial charge in [-0.3, -0.25) is 9.78 Å². The summed E-state index contributed by atoms with van der Waals surface area (Å²) in [6.07, 6.45) is 3.45. The van der Waals surface area contributed by atoms with Crippen LogP contribution >= 0.6 is 0 Å². The molecule has 1 heterocycles. The number of rotatable bonds is 3. The Bertz CT molecular complexity index is 635. The van der Waals surface area contributed by atoms with E-state index in [0.29, 0.717) is 5.69 Å². The number of amides is 1. The largest absolute Gasteiger partial charge is 0.478 e. The molecule has 0 radical (unpaired) electrons. The Morgan fingerprint density at radius 2 is 2.06 bits per heavy atom. The van der Waals surface area contributed by atoms with Gasteiger partial charge >= 0.3 is 5.97 Å². The average molecular weight is 242 g/mol. The maximum absolute atomic E-state index is 11.4. The van der Waals surface area contributed by atoms with E-state index < -0.39 is 11.9 Å². The molecule has 0 aliphatic carbocycles. The van der Waals surface area contributed by atoms with Gasteiger partial charge in [0.15, 0.2) is 0 Å². The number of carboxylic acids is 1. The minimum atomic E-state index is -1.16.